The number of aliphatic hydroxyl groups is 1. The molecule has 3 aromatic rings. The average molecular weight is 585 g/mol. The van der Waals surface area contributed by atoms with Crippen molar-refractivity contribution in [2.45, 2.75) is 62.1 Å². The molecule has 5 heterocycles. The number of hydrogen-bond donors (Lipinski definition) is 2. The Bertz CT molecular complexity index is 1390. The van der Waals surface area contributed by atoms with Crippen LogP contribution in [0.25, 0.3) is 22.4 Å². The number of benzene rings is 1. The highest BCUT2D eigenvalue weighted by atomic mass is 35.5. The summed E-state index contributed by atoms with van der Waals surface area (Å²) >= 11 is 6.64. The SMILES string of the molecule is O=C(OC1CCC(c2ccc(-c3nc4nc(OC5COC6C(O)COC56)[nH]c4cc3Cl)cc2)CC1)N1CCOCC1. The lowest BCUT2D eigenvalue weighted by molar-refractivity contribution is 0.00445. The third-order valence-corrected chi connectivity index (χ3v) is 8.80. The Balaban J connectivity index is 0.981. The maximum Gasteiger partial charge on any atom is 0.410 e. The van der Waals surface area contributed by atoms with Gasteiger partial charge in [-0.1, -0.05) is 35.9 Å². The van der Waals surface area contributed by atoms with E-state index in [1.807, 2.05) is 12.1 Å². The first-order valence-corrected chi connectivity index (χ1v) is 14.7. The van der Waals surface area contributed by atoms with Crippen LogP contribution in [0.4, 0.5) is 4.79 Å². The molecule has 1 amide bonds. The van der Waals surface area contributed by atoms with E-state index in [0.717, 1.165) is 31.2 Å². The van der Waals surface area contributed by atoms with Crippen molar-refractivity contribution in [3.8, 4) is 17.3 Å². The summed E-state index contributed by atoms with van der Waals surface area (Å²) in [4.78, 5) is 26.5. The fraction of sp³-hybridized carbons (Fsp3) is 0.552. The van der Waals surface area contributed by atoms with E-state index in [1.165, 1.54) is 5.56 Å². The second-order valence-electron chi connectivity index (χ2n) is 11.1. The van der Waals surface area contributed by atoms with Crippen LogP contribution in [0.15, 0.2) is 30.3 Å². The van der Waals surface area contributed by atoms with Crippen molar-refractivity contribution in [2.24, 2.45) is 0 Å². The van der Waals surface area contributed by atoms with Crippen LogP contribution in [0.5, 0.6) is 6.01 Å². The summed E-state index contributed by atoms with van der Waals surface area (Å²) in [6, 6.07) is 10.5. The summed E-state index contributed by atoms with van der Waals surface area (Å²) in [6.45, 7) is 2.89. The molecular weight excluding hydrogens is 552 g/mol. The molecule has 41 heavy (non-hydrogen) atoms. The molecule has 11 nitrogen and oxygen atoms in total. The van der Waals surface area contributed by atoms with Crippen LogP contribution in [0.2, 0.25) is 5.02 Å². The molecule has 4 atom stereocenters. The van der Waals surface area contributed by atoms with Crippen LogP contribution in [-0.2, 0) is 18.9 Å². The summed E-state index contributed by atoms with van der Waals surface area (Å²) in [6.07, 6.45) is 1.70. The van der Waals surface area contributed by atoms with Gasteiger partial charge < -0.3 is 38.7 Å². The predicted octanol–water partition coefficient (Wildman–Crippen LogP) is 3.68. The molecule has 218 valence electrons. The third kappa shape index (κ3) is 5.49. The zero-order chi connectivity index (χ0) is 27.9. The number of aromatic nitrogens is 3. The molecule has 4 aliphatic rings. The normalized spacial score (nSPS) is 30.0. The number of nitrogens with one attached hydrogen (secondary N) is 1. The number of pyridine rings is 1. The van der Waals surface area contributed by atoms with E-state index in [-0.39, 0.29) is 37.1 Å². The number of halogens is 1. The minimum atomic E-state index is -0.640. The Hall–Kier alpha value is -2.96. The number of nitrogens with zero attached hydrogens (tertiary/aromatic N) is 3. The van der Waals surface area contributed by atoms with Gasteiger partial charge >= 0.3 is 6.09 Å². The number of imidazole rings is 1. The van der Waals surface area contributed by atoms with Crippen LogP contribution in [0.3, 0.4) is 0 Å². The third-order valence-electron chi connectivity index (χ3n) is 8.52. The molecule has 7 rings (SSSR count). The highest BCUT2D eigenvalue weighted by Gasteiger charge is 2.48. The van der Waals surface area contributed by atoms with Crippen molar-refractivity contribution in [1.82, 2.24) is 19.9 Å². The van der Waals surface area contributed by atoms with Gasteiger partial charge in [-0.3, -0.25) is 0 Å². The first kappa shape index (κ1) is 26.9. The van der Waals surface area contributed by atoms with Gasteiger partial charge in [0.05, 0.1) is 42.7 Å². The lowest BCUT2D eigenvalue weighted by atomic mass is 9.82. The molecule has 12 heteroatoms. The highest BCUT2D eigenvalue weighted by Crippen LogP contribution is 2.36. The van der Waals surface area contributed by atoms with Crippen molar-refractivity contribution >= 4 is 28.9 Å². The minimum Gasteiger partial charge on any atom is -0.456 e. The van der Waals surface area contributed by atoms with E-state index in [9.17, 15) is 9.90 Å². The van der Waals surface area contributed by atoms with E-state index in [1.54, 1.807) is 11.0 Å². The van der Waals surface area contributed by atoms with Gasteiger partial charge in [0.15, 0.2) is 11.8 Å². The molecule has 3 saturated heterocycles. The summed E-state index contributed by atoms with van der Waals surface area (Å²) in [5, 5.41) is 10.5. The summed E-state index contributed by atoms with van der Waals surface area (Å²) in [7, 11) is 0. The maximum absolute atomic E-state index is 12.4. The van der Waals surface area contributed by atoms with Crippen LogP contribution < -0.4 is 4.74 Å². The minimum absolute atomic E-state index is 0.0294. The van der Waals surface area contributed by atoms with Crippen molar-refractivity contribution in [3.63, 3.8) is 0 Å². The number of rotatable bonds is 5. The molecule has 0 radical (unpaired) electrons. The van der Waals surface area contributed by atoms with Gasteiger partial charge in [0.1, 0.15) is 24.4 Å². The molecule has 2 aromatic heterocycles. The molecule has 0 bridgehead atoms. The molecular formula is C29H33ClN4O7. The van der Waals surface area contributed by atoms with Crippen LogP contribution in [-0.4, -0.2) is 101 Å². The van der Waals surface area contributed by atoms with E-state index >= 15 is 0 Å². The highest BCUT2D eigenvalue weighted by molar-refractivity contribution is 6.33. The van der Waals surface area contributed by atoms with Crippen molar-refractivity contribution in [3.05, 3.63) is 40.9 Å². The average Bonchev–Trinajstić information content (AvgIpc) is 3.70. The summed E-state index contributed by atoms with van der Waals surface area (Å²) in [5.41, 5.74) is 3.97. The number of morpholine rings is 1. The van der Waals surface area contributed by atoms with E-state index < -0.39 is 6.10 Å². The lowest BCUT2D eigenvalue weighted by Crippen LogP contribution is -2.42. The molecule has 4 unspecified atom stereocenters. The zero-order valence-corrected chi connectivity index (χ0v) is 23.3. The molecule has 1 aliphatic carbocycles. The zero-order valence-electron chi connectivity index (χ0n) is 22.5. The number of carbonyl (C=O) groups is 1. The lowest BCUT2D eigenvalue weighted by Gasteiger charge is -2.32. The molecule has 0 spiro atoms. The van der Waals surface area contributed by atoms with Gasteiger partial charge in [0, 0.05) is 18.7 Å². The van der Waals surface area contributed by atoms with Crippen LogP contribution in [0.1, 0.15) is 37.2 Å². The molecule has 4 fully saturated rings. The fourth-order valence-electron chi connectivity index (χ4n) is 6.23. The Morgan fingerprint density at radius 3 is 2.56 bits per heavy atom. The van der Waals surface area contributed by atoms with Crippen LogP contribution in [0, 0.1) is 0 Å². The molecule has 3 aliphatic heterocycles. The van der Waals surface area contributed by atoms with E-state index in [4.69, 9.17) is 40.3 Å². The number of aliphatic hydroxyl groups excluding tert-OH is 1. The van der Waals surface area contributed by atoms with Gasteiger partial charge in [-0.05, 0) is 43.2 Å². The van der Waals surface area contributed by atoms with Crippen molar-refractivity contribution in [2.75, 3.05) is 39.5 Å². The number of carbonyl (C=O) groups excluding carboxylic acids is 1. The van der Waals surface area contributed by atoms with Gasteiger partial charge in [-0.2, -0.15) is 4.98 Å². The number of aromatic amines is 1. The number of hydrogen-bond acceptors (Lipinski definition) is 9. The first-order chi connectivity index (χ1) is 20.0. The first-order valence-electron chi connectivity index (χ1n) is 14.3. The summed E-state index contributed by atoms with van der Waals surface area (Å²) in [5.74, 6) is 0.420. The fourth-order valence-corrected chi connectivity index (χ4v) is 6.49. The maximum atomic E-state index is 12.4. The van der Waals surface area contributed by atoms with E-state index in [0.29, 0.717) is 66.7 Å². The van der Waals surface area contributed by atoms with E-state index in [2.05, 4.69) is 22.1 Å². The molecule has 2 N–H and O–H groups in total. The van der Waals surface area contributed by atoms with Gasteiger partial charge in [-0.15, -0.1) is 0 Å². The quantitative estimate of drug-likeness (QED) is 0.461. The predicted molar refractivity (Wildman–Crippen MR) is 148 cm³/mol. The van der Waals surface area contributed by atoms with Crippen molar-refractivity contribution < 1.29 is 33.6 Å². The largest absolute Gasteiger partial charge is 0.456 e. The van der Waals surface area contributed by atoms with Crippen molar-refractivity contribution in [1.29, 1.82) is 0 Å². The van der Waals surface area contributed by atoms with Gasteiger partial charge in [0.25, 0.3) is 6.01 Å². The standard InChI is InChI=1S/C29H33ClN4O7/c30-20-13-21-27(33-28(31-21)41-23-15-39-25-22(35)14-38-26(23)25)32-24(20)18-3-1-16(2-4-18)17-5-7-19(8-6-17)40-29(36)34-9-11-37-12-10-34/h1-4,13,17,19,22-23,25-26,35H,5-12,14-15H2,(H,31,32,33). The molecule has 1 saturated carbocycles. The second kappa shape index (κ2) is 11.4. The monoisotopic (exact) mass is 584 g/mol. The summed E-state index contributed by atoms with van der Waals surface area (Å²) < 4.78 is 28.4. The smallest absolute Gasteiger partial charge is 0.410 e. The second-order valence-corrected chi connectivity index (χ2v) is 11.5. The Labute approximate surface area is 242 Å². The number of ether oxygens (including phenoxy) is 5. The topological polar surface area (TPSA) is 128 Å². The van der Waals surface area contributed by atoms with Gasteiger partial charge in [0.2, 0.25) is 0 Å². The number of fused-ring (bicyclic) bond motifs is 2. The Morgan fingerprint density at radius 1 is 1.02 bits per heavy atom. The molecule has 1 aromatic carbocycles. The Morgan fingerprint density at radius 2 is 1.78 bits per heavy atom. The number of H-pyrrole nitrogens is 1. The number of amides is 1. The Kier molecular flexibility index (Phi) is 7.46. The van der Waals surface area contributed by atoms with Crippen LogP contribution >= 0.6 is 11.6 Å². The van der Waals surface area contributed by atoms with Gasteiger partial charge in [-0.25, -0.2) is 9.78 Å².